The summed E-state index contributed by atoms with van der Waals surface area (Å²) >= 11 is 0. The first-order valence-corrected chi connectivity index (χ1v) is 5.96. The highest BCUT2D eigenvalue weighted by Crippen LogP contribution is 2.30. The van der Waals surface area contributed by atoms with Gasteiger partial charge in [-0.05, 0) is 12.1 Å². The van der Waals surface area contributed by atoms with E-state index in [9.17, 15) is 18.0 Å². The molecule has 78 valence electrons. The lowest BCUT2D eigenvalue weighted by Crippen LogP contribution is -2.34. The first kappa shape index (κ1) is 9.85. The molecule has 1 aliphatic rings. The van der Waals surface area contributed by atoms with E-state index in [1.165, 1.54) is 12.1 Å². The number of fused-ring (bicyclic) bond motifs is 1. The molecule has 1 aliphatic heterocycles. The zero-order chi connectivity index (χ0) is 11.2. The number of rotatable bonds is 1. The molecule has 0 saturated heterocycles. The van der Waals surface area contributed by atoms with E-state index >= 15 is 0 Å². The van der Waals surface area contributed by atoms with Crippen LogP contribution in [0.5, 0.6) is 0 Å². The maximum Gasteiger partial charge on any atom is 0.313 e. The molecule has 0 N–H and O–H groups in total. The van der Waals surface area contributed by atoms with E-state index in [2.05, 4.69) is 0 Å². The van der Waals surface area contributed by atoms with Gasteiger partial charge >= 0.3 is 5.91 Å². The fraction of sp³-hybridized carbons (Fsp3) is 0.111. The molecule has 0 unspecified atom stereocenters. The standard InChI is InChI=1S/C9H7NO4S/c1-15(13,14)10-7-5-3-2-4-6(7)8(11)9(10)12/h2-5H,1H3. The van der Waals surface area contributed by atoms with Crippen molar-refractivity contribution >= 4 is 27.4 Å². The van der Waals surface area contributed by atoms with E-state index in [4.69, 9.17) is 0 Å². The Labute approximate surface area is 86.4 Å². The van der Waals surface area contributed by atoms with E-state index in [0.29, 0.717) is 4.31 Å². The van der Waals surface area contributed by atoms with Gasteiger partial charge in [-0.15, -0.1) is 0 Å². The number of hydrogen-bond acceptors (Lipinski definition) is 4. The maximum atomic E-state index is 11.4. The Bertz CT molecular complexity index is 561. The molecule has 0 saturated carbocycles. The Balaban J connectivity index is 2.73. The molecule has 6 heteroatoms. The minimum atomic E-state index is -3.74. The predicted molar refractivity (Wildman–Crippen MR) is 53.1 cm³/mol. The number of amides is 1. The minimum absolute atomic E-state index is 0.132. The van der Waals surface area contributed by atoms with Crippen LogP contribution in [0.3, 0.4) is 0 Å². The largest absolute Gasteiger partial charge is 0.313 e. The molecule has 1 heterocycles. The Kier molecular flexibility index (Phi) is 1.90. The molecule has 15 heavy (non-hydrogen) atoms. The van der Waals surface area contributed by atoms with Crippen LogP contribution in [0, 0.1) is 0 Å². The molecular weight excluding hydrogens is 218 g/mol. The lowest BCUT2D eigenvalue weighted by atomic mass is 10.1. The maximum absolute atomic E-state index is 11.4. The summed E-state index contributed by atoms with van der Waals surface area (Å²) in [7, 11) is -3.74. The number of carbonyl (C=O) groups excluding carboxylic acids is 2. The number of para-hydroxylation sites is 1. The fourth-order valence-corrected chi connectivity index (χ4v) is 2.39. The third-order valence-electron chi connectivity index (χ3n) is 2.08. The molecule has 0 fully saturated rings. The minimum Gasteiger partial charge on any atom is -0.283 e. The van der Waals surface area contributed by atoms with Crippen LogP contribution in [0.15, 0.2) is 24.3 Å². The summed E-state index contributed by atoms with van der Waals surface area (Å²) < 4.78 is 23.1. The van der Waals surface area contributed by atoms with Gasteiger partial charge in [0.2, 0.25) is 10.0 Å². The number of ketones is 1. The summed E-state index contributed by atoms with van der Waals surface area (Å²) in [6.45, 7) is 0. The Hall–Kier alpha value is -1.69. The van der Waals surface area contributed by atoms with E-state index in [1.54, 1.807) is 12.1 Å². The SMILES string of the molecule is CS(=O)(=O)N1C(=O)C(=O)c2ccccc21. The average Bonchev–Trinajstić information content (AvgIpc) is 2.39. The first-order valence-electron chi connectivity index (χ1n) is 4.11. The van der Waals surface area contributed by atoms with E-state index in [-0.39, 0.29) is 11.3 Å². The second-order valence-corrected chi connectivity index (χ2v) is 5.01. The van der Waals surface area contributed by atoms with Crippen molar-refractivity contribution in [3.8, 4) is 0 Å². The highest BCUT2D eigenvalue weighted by Gasteiger charge is 2.40. The molecule has 5 nitrogen and oxygen atoms in total. The van der Waals surface area contributed by atoms with Gasteiger partial charge in [-0.2, -0.15) is 4.31 Å². The molecule has 0 radical (unpaired) electrons. The van der Waals surface area contributed by atoms with E-state index < -0.39 is 21.7 Å². The van der Waals surface area contributed by atoms with Gasteiger partial charge in [0.1, 0.15) is 0 Å². The van der Waals surface area contributed by atoms with Crippen LogP contribution < -0.4 is 4.31 Å². The smallest absolute Gasteiger partial charge is 0.283 e. The van der Waals surface area contributed by atoms with Crippen molar-refractivity contribution in [2.24, 2.45) is 0 Å². The van der Waals surface area contributed by atoms with Gasteiger partial charge in [0, 0.05) is 0 Å². The van der Waals surface area contributed by atoms with Crippen LogP contribution in [0.25, 0.3) is 0 Å². The number of carbonyl (C=O) groups is 2. The van der Waals surface area contributed by atoms with E-state index in [0.717, 1.165) is 6.26 Å². The molecule has 1 amide bonds. The van der Waals surface area contributed by atoms with Crippen LogP contribution in [-0.2, 0) is 14.8 Å². The summed E-state index contributed by atoms with van der Waals surface area (Å²) in [5.74, 6) is -1.80. The normalized spacial score (nSPS) is 15.7. The molecular formula is C9H7NO4S. The van der Waals surface area contributed by atoms with Crippen LogP contribution in [0.2, 0.25) is 0 Å². The zero-order valence-electron chi connectivity index (χ0n) is 7.80. The molecule has 0 bridgehead atoms. The summed E-state index contributed by atoms with van der Waals surface area (Å²) in [6.07, 6.45) is 0.889. The molecule has 2 rings (SSSR count). The molecule has 1 aromatic rings. The van der Waals surface area contributed by atoms with Crippen LogP contribution in [-0.4, -0.2) is 26.4 Å². The number of anilines is 1. The predicted octanol–water partition coefficient (Wildman–Crippen LogP) is 0.175. The summed E-state index contributed by atoms with van der Waals surface area (Å²) in [6, 6.07) is 6.01. The van der Waals surface area contributed by atoms with E-state index in [1.807, 2.05) is 0 Å². The third kappa shape index (κ3) is 1.33. The van der Waals surface area contributed by atoms with Crippen LogP contribution in [0.4, 0.5) is 5.69 Å². The number of hydrogen-bond donors (Lipinski definition) is 0. The first-order chi connectivity index (χ1) is 6.93. The van der Waals surface area contributed by atoms with Crippen molar-refractivity contribution in [2.75, 3.05) is 10.6 Å². The van der Waals surface area contributed by atoms with Crippen molar-refractivity contribution in [1.29, 1.82) is 0 Å². The van der Waals surface area contributed by atoms with Crippen LogP contribution in [0.1, 0.15) is 10.4 Å². The molecule has 1 aromatic carbocycles. The number of Topliss-reactive ketones (excluding diaryl/α,β-unsaturated/α-hetero) is 1. The van der Waals surface area contributed by atoms with Gasteiger partial charge in [-0.25, -0.2) is 8.42 Å². The Morgan fingerprint density at radius 2 is 1.73 bits per heavy atom. The van der Waals surface area contributed by atoms with Gasteiger partial charge in [0.05, 0.1) is 17.5 Å². The Morgan fingerprint density at radius 3 is 2.33 bits per heavy atom. The monoisotopic (exact) mass is 225 g/mol. The third-order valence-corrected chi connectivity index (χ3v) is 3.10. The van der Waals surface area contributed by atoms with Crippen molar-refractivity contribution in [2.45, 2.75) is 0 Å². The Morgan fingerprint density at radius 1 is 1.13 bits per heavy atom. The summed E-state index contributed by atoms with van der Waals surface area (Å²) in [5.41, 5.74) is 0.267. The van der Waals surface area contributed by atoms with Gasteiger partial charge in [-0.3, -0.25) is 9.59 Å². The lowest BCUT2D eigenvalue weighted by molar-refractivity contribution is -0.113. The number of nitrogens with zero attached hydrogens (tertiary/aromatic N) is 1. The molecule has 0 atom stereocenters. The van der Waals surface area contributed by atoms with Crippen molar-refractivity contribution in [3.63, 3.8) is 0 Å². The average molecular weight is 225 g/mol. The highest BCUT2D eigenvalue weighted by atomic mass is 32.2. The van der Waals surface area contributed by atoms with Crippen molar-refractivity contribution < 1.29 is 18.0 Å². The topological polar surface area (TPSA) is 71.5 Å². The van der Waals surface area contributed by atoms with Crippen LogP contribution >= 0.6 is 0 Å². The van der Waals surface area contributed by atoms with Gasteiger partial charge in [0.25, 0.3) is 5.78 Å². The van der Waals surface area contributed by atoms with Gasteiger partial charge < -0.3 is 0 Å². The second-order valence-electron chi connectivity index (χ2n) is 3.18. The van der Waals surface area contributed by atoms with Crippen molar-refractivity contribution in [1.82, 2.24) is 0 Å². The van der Waals surface area contributed by atoms with Crippen molar-refractivity contribution in [3.05, 3.63) is 29.8 Å². The van der Waals surface area contributed by atoms with Gasteiger partial charge in [0.15, 0.2) is 0 Å². The quantitative estimate of drug-likeness (QED) is 0.639. The lowest BCUT2D eigenvalue weighted by Gasteiger charge is -2.12. The fourth-order valence-electron chi connectivity index (χ4n) is 1.49. The molecule has 0 spiro atoms. The number of sulfonamides is 1. The zero-order valence-corrected chi connectivity index (χ0v) is 8.61. The molecule has 0 aliphatic carbocycles. The summed E-state index contributed by atoms with van der Waals surface area (Å²) in [5, 5.41) is 0. The number of benzene rings is 1. The second kappa shape index (κ2) is 2.90. The summed E-state index contributed by atoms with van der Waals surface area (Å²) in [4.78, 5) is 22.8. The van der Waals surface area contributed by atoms with Gasteiger partial charge in [-0.1, -0.05) is 12.1 Å². The highest BCUT2D eigenvalue weighted by molar-refractivity contribution is 7.93. The molecule has 0 aromatic heterocycles.